The van der Waals surface area contributed by atoms with E-state index in [1.807, 2.05) is 72.7 Å². The molecule has 60 heavy (non-hydrogen) atoms. The van der Waals surface area contributed by atoms with Crippen LogP contribution in [-0.4, -0.2) is 99.3 Å². The number of aromatic nitrogens is 3. The Hall–Kier alpha value is -5.60. The van der Waals surface area contributed by atoms with E-state index in [9.17, 15) is 19.2 Å². The van der Waals surface area contributed by atoms with Crippen molar-refractivity contribution in [2.75, 3.05) is 14.2 Å². The fourth-order valence-corrected chi connectivity index (χ4v) is 9.19. The molecule has 324 valence electrons. The van der Waals surface area contributed by atoms with Gasteiger partial charge in [-0.15, -0.1) is 0 Å². The number of likely N-dealkylation sites (tertiary alicyclic amines) is 1. The molecule has 8 atom stereocenters. The second-order valence-corrected chi connectivity index (χ2v) is 17.3. The molecule has 2 aromatic heterocycles. The number of amides is 4. The molecule has 4 amide bonds. The van der Waals surface area contributed by atoms with E-state index in [0.29, 0.717) is 11.7 Å². The number of nitrogens with one attached hydrogen (secondary N) is 5. The lowest BCUT2D eigenvalue weighted by atomic mass is 9.94. The van der Waals surface area contributed by atoms with Crippen LogP contribution < -0.4 is 21.3 Å². The van der Waals surface area contributed by atoms with Gasteiger partial charge in [-0.25, -0.2) is 14.6 Å². The predicted molar refractivity (Wildman–Crippen MR) is 230 cm³/mol. The number of fused-ring (bicyclic) bond motifs is 2. The molecule has 2 fully saturated rings. The number of carbonyl (C=O) groups excluding carboxylic acids is 4. The molecule has 15 nitrogen and oxygen atoms in total. The number of H-pyrrole nitrogens is 1. The Labute approximate surface area is 353 Å². The van der Waals surface area contributed by atoms with Crippen molar-refractivity contribution in [2.24, 2.45) is 17.8 Å². The second-order valence-electron chi connectivity index (χ2n) is 17.3. The largest absolute Gasteiger partial charge is 0.453 e. The number of hydrogen-bond acceptors (Lipinski definition) is 10. The van der Waals surface area contributed by atoms with Crippen molar-refractivity contribution in [3.8, 4) is 22.5 Å². The third-order valence-electron chi connectivity index (χ3n) is 12.7. The fourth-order valence-electron chi connectivity index (χ4n) is 9.19. The van der Waals surface area contributed by atoms with Crippen molar-refractivity contribution in [2.45, 2.75) is 130 Å². The van der Waals surface area contributed by atoms with Crippen molar-refractivity contribution >= 4 is 29.7 Å². The van der Waals surface area contributed by atoms with E-state index in [0.717, 1.165) is 70.6 Å². The number of methoxy groups -OCH3 is 2. The van der Waals surface area contributed by atoms with Crippen LogP contribution in [0.3, 0.4) is 0 Å². The summed E-state index contributed by atoms with van der Waals surface area (Å²) < 4.78 is 9.65. The molecule has 1 aliphatic carbocycles. The summed E-state index contributed by atoms with van der Waals surface area (Å²) in [6.45, 7) is 17.8. The number of hydrogen-bond donors (Lipinski definition) is 5. The minimum absolute atomic E-state index is 0.0560. The minimum Gasteiger partial charge on any atom is -0.453 e. The zero-order chi connectivity index (χ0) is 43.6. The molecule has 2 bridgehead atoms. The predicted octanol–water partition coefficient (Wildman–Crippen LogP) is 6.40. The van der Waals surface area contributed by atoms with Crippen LogP contribution in [0.25, 0.3) is 28.2 Å². The number of benzene rings is 1. The Bertz CT molecular complexity index is 2100. The van der Waals surface area contributed by atoms with E-state index in [1.165, 1.54) is 14.2 Å². The SMILES string of the molecule is CC[C@H](C)N(C(=O)[C@@H](NC(=O)OC)C(C)C)[C@@H](C)c1ncc(-c2cnc(-c3ccc(C4=CNC([C@@H]5[C@H]6CC[C@H](C6)N5C(=O)[C@@H](NC(=O)OC)C(C)C)N4)cc3C)c(C)c2)[nH]1. The summed E-state index contributed by atoms with van der Waals surface area (Å²) in [7, 11) is 2.60. The number of pyridine rings is 1. The molecular weight excluding hydrogens is 763 g/mol. The van der Waals surface area contributed by atoms with Gasteiger partial charge in [0.2, 0.25) is 11.8 Å². The third-order valence-corrected chi connectivity index (χ3v) is 12.7. The molecule has 1 aromatic carbocycles. The first-order chi connectivity index (χ1) is 28.6. The number of alkyl carbamates (subject to hydrolysis) is 2. The molecular formula is C45H63N9O6. The van der Waals surface area contributed by atoms with E-state index < -0.39 is 30.3 Å². The van der Waals surface area contributed by atoms with Gasteiger partial charge in [-0.3, -0.25) is 14.6 Å². The van der Waals surface area contributed by atoms with Crippen LogP contribution in [0, 0.1) is 31.6 Å². The van der Waals surface area contributed by atoms with Crippen molar-refractivity contribution in [3.05, 3.63) is 65.4 Å². The Morgan fingerprint density at radius 1 is 0.883 bits per heavy atom. The molecule has 0 radical (unpaired) electrons. The number of imidazole rings is 1. The lowest BCUT2D eigenvalue weighted by Crippen LogP contribution is -2.61. The highest BCUT2D eigenvalue weighted by atomic mass is 16.5. The molecule has 0 spiro atoms. The number of rotatable bonds is 14. The summed E-state index contributed by atoms with van der Waals surface area (Å²) in [6, 6.07) is 6.61. The van der Waals surface area contributed by atoms with Gasteiger partial charge >= 0.3 is 12.2 Å². The molecule has 3 aliphatic rings. The van der Waals surface area contributed by atoms with E-state index in [-0.39, 0.29) is 47.9 Å². The topological polar surface area (TPSA) is 183 Å². The Kier molecular flexibility index (Phi) is 13.4. The molecule has 1 saturated heterocycles. The van der Waals surface area contributed by atoms with Crippen molar-refractivity contribution in [3.63, 3.8) is 0 Å². The molecule has 5 N–H and O–H groups in total. The molecule has 2 aliphatic heterocycles. The van der Waals surface area contributed by atoms with Crippen LogP contribution >= 0.6 is 0 Å². The summed E-state index contributed by atoms with van der Waals surface area (Å²) in [5, 5.41) is 12.7. The average molecular weight is 826 g/mol. The Morgan fingerprint density at radius 3 is 2.17 bits per heavy atom. The Balaban J connectivity index is 1.15. The quantitative estimate of drug-likeness (QED) is 0.122. The minimum atomic E-state index is -0.753. The van der Waals surface area contributed by atoms with Crippen LogP contribution in [0.1, 0.15) is 103 Å². The van der Waals surface area contributed by atoms with Crippen molar-refractivity contribution in [1.29, 1.82) is 0 Å². The molecule has 4 heterocycles. The highest BCUT2D eigenvalue weighted by Crippen LogP contribution is 2.45. The molecule has 1 unspecified atom stereocenters. The van der Waals surface area contributed by atoms with Gasteiger partial charge in [0.15, 0.2) is 0 Å². The summed E-state index contributed by atoms with van der Waals surface area (Å²) in [6.07, 6.45) is 7.92. The van der Waals surface area contributed by atoms with Crippen LogP contribution in [0.2, 0.25) is 0 Å². The van der Waals surface area contributed by atoms with Crippen LogP contribution in [-0.2, 0) is 19.1 Å². The van der Waals surface area contributed by atoms with E-state index in [4.69, 9.17) is 19.4 Å². The van der Waals surface area contributed by atoms with E-state index >= 15 is 0 Å². The van der Waals surface area contributed by atoms with Gasteiger partial charge in [0.1, 0.15) is 24.1 Å². The number of aromatic amines is 1. The zero-order valence-electron chi connectivity index (χ0n) is 36.9. The monoisotopic (exact) mass is 825 g/mol. The van der Waals surface area contributed by atoms with Crippen molar-refractivity contribution < 1.29 is 28.7 Å². The maximum Gasteiger partial charge on any atom is 0.407 e. The number of piperidine rings is 1. The van der Waals surface area contributed by atoms with Gasteiger partial charge in [-0.2, -0.15) is 0 Å². The van der Waals surface area contributed by atoms with E-state index in [1.54, 1.807) is 11.1 Å². The second kappa shape index (κ2) is 18.3. The summed E-state index contributed by atoms with van der Waals surface area (Å²) in [5.41, 5.74) is 7.61. The highest BCUT2D eigenvalue weighted by molar-refractivity contribution is 5.87. The van der Waals surface area contributed by atoms with Gasteiger partial charge in [0, 0.05) is 35.6 Å². The first-order valence-electron chi connectivity index (χ1n) is 21.3. The lowest BCUT2D eigenvalue weighted by molar-refractivity contribution is -0.140. The van der Waals surface area contributed by atoms with E-state index in [2.05, 4.69) is 57.4 Å². The maximum atomic E-state index is 14.0. The molecule has 1 saturated carbocycles. The van der Waals surface area contributed by atoms with Gasteiger partial charge < -0.3 is 45.5 Å². The maximum absolute atomic E-state index is 14.0. The van der Waals surface area contributed by atoms with Crippen LogP contribution in [0.15, 0.2) is 42.9 Å². The van der Waals surface area contributed by atoms with Gasteiger partial charge in [-0.05, 0) is 100.0 Å². The first kappa shape index (κ1) is 44.0. The lowest BCUT2D eigenvalue weighted by Gasteiger charge is -2.41. The highest BCUT2D eigenvalue weighted by Gasteiger charge is 2.53. The summed E-state index contributed by atoms with van der Waals surface area (Å²) in [5.74, 6) is 0.495. The van der Waals surface area contributed by atoms with Crippen LogP contribution in [0.5, 0.6) is 0 Å². The number of nitrogens with zero attached hydrogens (tertiary/aromatic N) is 4. The van der Waals surface area contributed by atoms with Gasteiger partial charge in [0.05, 0.1) is 49.6 Å². The molecule has 6 rings (SSSR count). The first-order valence-corrected chi connectivity index (χ1v) is 21.3. The van der Waals surface area contributed by atoms with Crippen molar-refractivity contribution in [1.82, 2.24) is 46.0 Å². The third kappa shape index (κ3) is 8.80. The molecule has 3 aromatic rings. The number of ether oxygens (including phenoxy) is 2. The zero-order valence-corrected chi connectivity index (χ0v) is 36.9. The standard InChI is InChI=1S/C45H63N9O6/c1-12-27(8)53(42(55)36(23(2)3)51-44(57)59-10)28(9)40-47-22-35(49-40)31-18-26(7)38(46-20-31)33-16-14-29(17-25(33)6)34-21-48-41(50-34)39-30-13-15-32(19-30)54(39)43(56)37(24(4)5)52-45(58)60-11/h14,16-18,20-24,27-28,30,32,36-37,39,41,48,50H,12-13,15,19H2,1-11H3,(H,47,49)(H,51,57)(H,52,58)/t27-,28-,30-,32+,36-,37-,39-,41?/m0/s1. The molecule has 15 heteroatoms. The van der Waals surface area contributed by atoms with Gasteiger partial charge in [-0.1, -0.05) is 46.8 Å². The number of carbonyl (C=O) groups is 4. The summed E-state index contributed by atoms with van der Waals surface area (Å²) >= 11 is 0. The fraction of sp³-hybridized carbons (Fsp3) is 0.556. The number of aryl methyl sites for hydroxylation is 2. The van der Waals surface area contributed by atoms with Gasteiger partial charge in [0.25, 0.3) is 0 Å². The normalized spacial score (nSPS) is 21.4. The van der Waals surface area contributed by atoms with Crippen LogP contribution in [0.4, 0.5) is 9.59 Å². The Morgan fingerprint density at radius 2 is 1.55 bits per heavy atom. The average Bonchev–Trinajstić information content (AvgIpc) is 4.06. The smallest absolute Gasteiger partial charge is 0.407 e. The summed E-state index contributed by atoms with van der Waals surface area (Å²) in [4.78, 5) is 69.1.